The maximum atomic E-state index is 5.78. The molecule has 4 nitrogen and oxygen atoms in total. The van der Waals surface area contributed by atoms with E-state index in [0.29, 0.717) is 17.5 Å². The standard InChI is InChI=1S/C15H12ClN3O/c16-14-8-9-15(19-18-14)17-10-12-6-7-13(20-12)11-4-2-1-3-5-11/h1-9H,10H2,(H,17,19). The molecule has 3 rings (SSSR count). The molecule has 0 saturated heterocycles. The first-order chi connectivity index (χ1) is 9.81. The van der Waals surface area contributed by atoms with Gasteiger partial charge in [-0.15, -0.1) is 10.2 Å². The number of halogens is 1. The van der Waals surface area contributed by atoms with Crippen LogP contribution in [0, 0.1) is 0 Å². The normalized spacial score (nSPS) is 10.4. The minimum atomic E-state index is 0.375. The fourth-order valence-corrected chi connectivity index (χ4v) is 1.92. The van der Waals surface area contributed by atoms with E-state index < -0.39 is 0 Å². The average molecular weight is 286 g/mol. The zero-order valence-corrected chi connectivity index (χ0v) is 11.3. The first-order valence-corrected chi connectivity index (χ1v) is 6.56. The first-order valence-electron chi connectivity index (χ1n) is 6.18. The molecule has 0 atom stereocenters. The zero-order chi connectivity index (χ0) is 13.8. The number of nitrogens with zero attached hydrogens (tertiary/aromatic N) is 2. The minimum Gasteiger partial charge on any atom is -0.459 e. The Hall–Kier alpha value is -2.33. The van der Waals surface area contributed by atoms with Crippen LogP contribution in [0.1, 0.15) is 5.76 Å². The smallest absolute Gasteiger partial charge is 0.151 e. The number of furan rings is 1. The molecule has 3 aromatic rings. The van der Waals surface area contributed by atoms with Crippen LogP contribution >= 0.6 is 11.6 Å². The number of hydrogen-bond acceptors (Lipinski definition) is 4. The van der Waals surface area contributed by atoms with E-state index in [9.17, 15) is 0 Å². The number of benzene rings is 1. The number of nitrogens with one attached hydrogen (secondary N) is 1. The quantitative estimate of drug-likeness (QED) is 0.787. The summed E-state index contributed by atoms with van der Waals surface area (Å²) in [5.41, 5.74) is 1.06. The van der Waals surface area contributed by atoms with Crippen LogP contribution in [0.4, 0.5) is 5.82 Å². The minimum absolute atomic E-state index is 0.375. The van der Waals surface area contributed by atoms with Crippen LogP contribution < -0.4 is 5.32 Å². The highest BCUT2D eigenvalue weighted by molar-refractivity contribution is 6.29. The molecule has 1 N–H and O–H groups in total. The van der Waals surface area contributed by atoms with Crippen molar-refractivity contribution in [1.82, 2.24) is 10.2 Å². The summed E-state index contributed by atoms with van der Waals surface area (Å²) in [5.74, 6) is 2.34. The highest BCUT2D eigenvalue weighted by Gasteiger charge is 2.04. The summed E-state index contributed by atoms with van der Waals surface area (Å²) in [7, 11) is 0. The van der Waals surface area contributed by atoms with Gasteiger partial charge in [-0.2, -0.15) is 0 Å². The summed E-state index contributed by atoms with van der Waals surface area (Å²) >= 11 is 5.68. The summed E-state index contributed by atoms with van der Waals surface area (Å²) < 4.78 is 5.78. The van der Waals surface area contributed by atoms with Crippen molar-refractivity contribution < 1.29 is 4.42 Å². The van der Waals surface area contributed by atoms with Crippen molar-refractivity contribution in [3.63, 3.8) is 0 Å². The van der Waals surface area contributed by atoms with Crippen LogP contribution in [0.15, 0.2) is 59.0 Å². The second-order valence-electron chi connectivity index (χ2n) is 4.23. The molecule has 1 aromatic carbocycles. The summed E-state index contributed by atoms with van der Waals surface area (Å²) in [4.78, 5) is 0. The van der Waals surface area contributed by atoms with E-state index in [1.807, 2.05) is 42.5 Å². The molecule has 0 bridgehead atoms. The van der Waals surface area contributed by atoms with Crippen molar-refractivity contribution in [2.45, 2.75) is 6.54 Å². The van der Waals surface area contributed by atoms with Crippen LogP contribution in [-0.4, -0.2) is 10.2 Å². The lowest BCUT2D eigenvalue weighted by Gasteiger charge is -2.02. The van der Waals surface area contributed by atoms with Crippen LogP contribution in [0.25, 0.3) is 11.3 Å². The molecule has 0 aliphatic carbocycles. The molecular formula is C15H12ClN3O. The highest BCUT2D eigenvalue weighted by Crippen LogP contribution is 2.22. The van der Waals surface area contributed by atoms with E-state index in [1.54, 1.807) is 12.1 Å². The van der Waals surface area contributed by atoms with Crippen molar-refractivity contribution in [1.29, 1.82) is 0 Å². The van der Waals surface area contributed by atoms with Crippen LogP contribution in [0.5, 0.6) is 0 Å². The molecule has 0 spiro atoms. The van der Waals surface area contributed by atoms with E-state index >= 15 is 0 Å². The van der Waals surface area contributed by atoms with Crippen molar-refractivity contribution in [3.05, 3.63) is 65.5 Å². The Morgan fingerprint density at radius 3 is 2.55 bits per heavy atom. The van der Waals surface area contributed by atoms with Gasteiger partial charge < -0.3 is 9.73 Å². The van der Waals surface area contributed by atoms with Gasteiger partial charge in [-0.1, -0.05) is 41.9 Å². The number of aromatic nitrogens is 2. The lowest BCUT2D eigenvalue weighted by atomic mass is 10.2. The SMILES string of the molecule is Clc1ccc(NCc2ccc(-c3ccccc3)o2)nn1. The van der Waals surface area contributed by atoms with Gasteiger partial charge in [-0.3, -0.25) is 0 Å². The third-order valence-corrected chi connectivity index (χ3v) is 3.00. The number of hydrogen-bond donors (Lipinski definition) is 1. The Labute approximate surface area is 121 Å². The molecule has 2 heterocycles. The van der Waals surface area contributed by atoms with Crippen molar-refractivity contribution in [3.8, 4) is 11.3 Å². The van der Waals surface area contributed by atoms with Gasteiger partial charge >= 0.3 is 0 Å². The summed E-state index contributed by atoms with van der Waals surface area (Å²) in [5, 5.41) is 11.2. The molecule has 5 heteroatoms. The second kappa shape index (κ2) is 5.75. The van der Waals surface area contributed by atoms with Crippen molar-refractivity contribution in [2.24, 2.45) is 0 Å². The molecule has 100 valence electrons. The van der Waals surface area contributed by atoms with Gasteiger partial charge in [0.25, 0.3) is 0 Å². The van der Waals surface area contributed by atoms with Gasteiger partial charge in [0.1, 0.15) is 17.3 Å². The Morgan fingerprint density at radius 1 is 0.950 bits per heavy atom. The lowest BCUT2D eigenvalue weighted by molar-refractivity contribution is 0.531. The molecule has 0 fully saturated rings. The van der Waals surface area contributed by atoms with Crippen LogP contribution in [-0.2, 0) is 6.54 Å². The Bertz CT molecular complexity index is 680. The topological polar surface area (TPSA) is 51.0 Å². The third kappa shape index (κ3) is 2.97. The van der Waals surface area contributed by atoms with Gasteiger partial charge in [-0.25, -0.2) is 0 Å². The third-order valence-electron chi connectivity index (χ3n) is 2.80. The number of anilines is 1. The predicted octanol–water partition coefficient (Wildman–Crippen LogP) is 4.00. The van der Waals surface area contributed by atoms with E-state index in [0.717, 1.165) is 17.1 Å². The molecule has 20 heavy (non-hydrogen) atoms. The Morgan fingerprint density at radius 2 is 1.80 bits per heavy atom. The molecule has 0 aliphatic heterocycles. The summed E-state index contributed by atoms with van der Waals surface area (Å²) in [6, 6.07) is 17.3. The fraction of sp³-hybridized carbons (Fsp3) is 0.0667. The van der Waals surface area contributed by atoms with E-state index in [2.05, 4.69) is 15.5 Å². The van der Waals surface area contributed by atoms with Gasteiger partial charge in [0.2, 0.25) is 0 Å². The predicted molar refractivity (Wildman–Crippen MR) is 78.5 cm³/mol. The highest BCUT2D eigenvalue weighted by atomic mass is 35.5. The maximum absolute atomic E-state index is 5.78. The largest absolute Gasteiger partial charge is 0.459 e. The molecule has 2 aromatic heterocycles. The van der Waals surface area contributed by atoms with Crippen LogP contribution in [0.3, 0.4) is 0 Å². The summed E-state index contributed by atoms with van der Waals surface area (Å²) in [6.07, 6.45) is 0. The molecule has 0 aliphatic rings. The molecule has 0 saturated carbocycles. The Balaban J connectivity index is 1.67. The zero-order valence-electron chi connectivity index (χ0n) is 10.6. The van der Waals surface area contributed by atoms with E-state index in [-0.39, 0.29) is 0 Å². The van der Waals surface area contributed by atoms with E-state index in [1.165, 1.54) is 0 Å². The fourth-order valence-electron chi connectivity index (χ4n) is 1.82. The van der Waals surface area contributed by atoms with Crippen molar-refractivity contribution in [2.75, 3.05) is 5.32 Å². The number of rotatable bonds is 4. The van der Waals surface area contributed by atoms with Gasteiger partial charge in [0, 0.05) is 5.56 Å². The van der Waals surface area contributed by atoms with Gasteiger partial charge in [0.05, 0.1) is 6.54 Å². The van der Waals surface area contributed by atoms with E-state index in [4.69, 9.17) is 16.0 Å². The molecule has 0 amide bonds. The molecular weight excluding hydrogens is 274 g/mol. The maximum Gasteiger partial charge on any atom is 0.151 e. The summed E-state index contributed by atoms with van der Waals surface area (Å²) in [6.45, 7) is 0.545. The monoisotopic (exact) mass is 285 g/mol. The van der Waals surface area contributed by atoms with Gasteiger partial charge in [-0.05, 0) is 24.3 Å². The van der Waals surface area contributed by atoms with Gasteiger partial charge in [0.15, 0.2) is 5.15 Å². The van der Waals surface area contributed by atoms with Crippen LogP contribution in [0.2, 0.25) is 5.15 Å². The molecule has 0 radical (unpaired) electrons. The molecule has 0 unspecified atom stereocenters. The Kier molecular flexibility index (Phi) is 3.65. The first kappa shape index (κ1) is 12.7. The van der Waals surface area contributed by atoms with Crippen molar-refractivity contribution >= 4 is 17.4 Å². The average Bonchev–Trinajstić information content (AvgIpc) is 2.97. The lowest BCUT2D eigenvalue weighted by Crippen LogP contribution is -2.00. The second-order valence-corrected chi connectivity index (χ2v) is 4.61.